The largest absolute Gasteiger partial charge is 0.450 e. The van der Waals surface area contributed by atoms with Gasteiger partial charge < -0.3 is 9.72 Å². The molecule has 2 heterocycles. The molecule has 176 valence electrons. The van der Waals surface area contributed by atoms with Gasteiger partial charge in [-0.05, 0) is 55.3 Å². The van der Waals surface area contributed by atoms with Crippen molar-refractivity contribution in [2.75, 3.05) is 11.9 Å². The number of hydrogen-bond acceptors (Lipinski definition) is 5. The summed E-state index contributed by atoms with van der Waals surface area (Å²) in [6.45, 7) is 3.89. The van der Waals surface area contributed by atoms with E-state index in [1.165, 1.54) is 6.07 Å². The smallest absolute Gasteiger partial charge is 0.413 e. The summed E-state index contributed by atoms with van der Waals surface area (Å²) in [6, 6.07) is 15.9. The van der Waals surface area contributed by atoms with Crippen LogP contribution in [0.4, 0.5) is 15.1 Å². The number of aryl methyl sites for hydroxylation is 1. The van der Waals surface area contributed by atoms with Crippen LogP contribution in [0, 0.1) is 12.7 Å². The van der Waals surface area contributed by atoms with Crippen molar-refractivity contribution in [1.82, 2.24) is 20.2 Å². The molecule has 2 aromatic heterocycles. The second kappa shape index (κ2) is 9.02. The Morgan fingerprint density at radius 2 is 1.94 bits per heavy atom. The molecule has 0 aliphatic carbocycles. The highest BCUT2D eigenvalue weighted by Crippen LogP contribution is 2.29. The molecule has 0 saturated heterocycles. The zero-order valence-electron chi connectivity index (χ0n) is 19.1. The molecule has 9 heteroatoms. The minimum absolute atomic E-state index is 0.239. The summed E-state index contributed by atoms with van der Waals surface area (Å²) in [5.74, 6) is -0.125. The van der Waals surface area contributed by atoms with E-state index in [9.17, 15) is 14.0 Å². The van der Waals surface area contributed by atoms with Crippen molar-refractivity contribution >= 4 is 33.8 Å². The van der Waals surface area contributed by atoms with Crippen LogP contribution >= 0.6 is 0 Å². The van der Waals surface area contributed by atoms with Crippen molar-refractivity contribution in [2.45, 2.75) is 20.3 Å². The van der Waals surface area contributed by atoms with Crippen molar-refractivity contribution in [3.05, 3.63) is 87.6 Å². The van der Waals surface area contributed by atoms with E-state index in [4.69, 9.17) is 4.74 Å². The average Bonchev–Trinajstić information content (AvgIpc) is 3.23. The number of carbonyl (C=O) groups excluding carboxylic acids is 1. The number of fused-ring (bicyclic) bond motifs is 2. The van der Waals surface area contributed by atoms with E-state index >= 15 is 0 Å². The predicted octanol–water partition coefficient (Wildman–Crippen LogP) is 5.07. The Kier molecular flexibility index (Phi) is 5.74. The highest BCUT2D eigenvalue weighted by Gasteiger charge is 2.13. The van der Waals surface area contributed by atoms with Crippen molar-refractivity contribution < 1.29 is 13.9 Å². The van der Waals surface area contributed by atoms with Crippen LogP contribution in [-0.4, -0.2) is 32.9 Å². The van der Waals surface area contributed by atoms with E-state index in [2.05, 4.69) is 25.5 Å². The fourth-order valence-electron chi connectivity index (χ4n) is 4.06. The topological polar surface area (TPSA) is 113 Å². The van der Waals surface area contributed by atoms with Crippen LogP contribution in [0.15, 0.2) is 59.4 Å². The third-order valence-corrected chi connectivity index (χ3v) is 5.72. The monoisotopic (exact) mass is 471 g/mol. The lowest BCUT2D eigenvalue weighted by Crippen LogP contribution is -2.14. The average molecular weight is 471 g/mol. The standard InChI is InChI=1S/C26H22FN5O3/c1-3-35-26(34)30-25-28-21-9-6-16(13-23(21)29-25)18-11-15(5-8-20(18)27)12-22-17-7-4-14(2)10-19(17)24(33)32-31-22/h4-11,13H,3,12H2,1-2H3,(H,32,33)(H2,28,29,30,34). The van der Waals surface area contributed by atoms with Crippen LogP contribution in [0.3, 0.4) is 0 Å². The van der Waals surface area contributed by atoms with Gasteiger partial charge in [-0.25, -0.2) is 19.3 Å². The van der Waals surface area contributed by atoms with Gasteiger partial charge in [0, 0.05) is 17.4 Å². The first-order valence-electron chi connectivity index (χ1n) is 11.1. The summed E-state index contributed by atoms with van der Waals surface area (Å²) >= 11 is 0. The van der Waals surface area contributed by atoms with E-state index < -0.39 is 6.09 Å². The van der Waals surface area contributed by atoms with Gasteiger partial charge in [-0.15, -0.1) is 0 Å². The highest BCUT2D eigenvalue weighted by molar-refractivity contribution is 5.88. The van der Waals surface area contributed by atoms with E-state index in [1.807, 2.05) is 25.1 Å². The second-order valence-corrected chi connectivity index (χ2v) is 8.20. The molecule has 0 spiro atoms. The molecule has 5 aromatic rings. The van der Waals surface area contributed by atoms with Crippen molar-refractivity contribution in [2.24, 2.45) is 0 Å². The maximum absolute atomic E-state index is 14.8. The van der Waals surface area contributed by atoms with Gasteiger partial charge in [0.05, 0.1) is 28.7 Å². The molecular weight excluding hydrogens is 449 g/mol. The maximum Gasteiger partial charge on any atom is 0.413 e. The number of rotatable bonds is 5. The first kappa shape index (κ1) is 22.3. The molecule has 8 nitrogen and oxygen atoms in total. The van der Waals surface area contributed by atoms with Gasteiger partial charge in [0.2, 0.25) is 5.95 Å². The number of aromatic amines is 2. The Hall–Kier alpha value is -4.53. The van der Waals surface area contributed by atoms with Crippen molar-refractivity contribution in [1.29, 1.82) is 0 Å². The van der Waals surface area contributed by atoms with E-state index in [0.29, 0.717) is 39.7 Å². The fourth-order valence-corrected chi connectivity index (χ4v) is 4.06. The molecule has 0 radical (unpaired) electrons. The number of nitrogens with one attached hydrogen (secondary N) is 3. The summed E-state index contributed by atoms with van der Waals surface area (Å²) in [6.07, 6.45) is -0.189. The van der Waals surface area contributed by atoms with Gasteiger partial charge in [-0.3, -0.25) is 10.1 Å². The summed E-state index contributed by atoms with van der Waals surface area (Å²) in [5, 5.41) is 10.7. The first-order valence-corrected chi connectivity index (χ1v) is 11.1. The van der Waals surface area contributed by atoms with Gasteiger partial charge in [0.1, 0.15) is 5.82 Å². The van der Waals surface area contributed by atoms with Gasteiger partial charge in [-0.1, -0.05) is 29.8 Å². The lowest BCUT2D eigenvalue weighted by molar-refractivity contribution is 0.167. The number of benzene rings is 3. The molecule has 0 saturated carbocycles. The molecule has 5 rings (SSSR count). The number of hydrogen-bond donors (Lipinski definition) is 3. The summed E-state index contributed by atoms with van der Waals surface area (Å²) in [7, 11) is 0. The highest BCUT2D eigenvalue weighted by atomic mass is 19.1. The van der Waals surface area contributed by atoms with Crippen molar-refractivity contribution in [3.63, 3.8) is 0 Å². The SMILES string of the molecule is CCOC(=O)Nc1nc2cc(-c3cc(Cc4n[nH]c(=O)c5cc(C)ccc45)ccc3F)ccc2[nH]1. The molecule has 0 aliphatic rings. The van der Waals surface area contributed by atoms with Crippen LogP contribution in [0.25, 0.3) is 32.9 Å². The number of halogens is 1. The van der Waals surface area contributed by atoms with Gasteiger partial charge >= 0.3 is 6.09 Å². The molecule has 0 unspecified atom stereocenters. The lowest BCUT2D eigenvalue weighted by Gasteiger charge is -2.09. The Morgan fingerprint density at radius 3 is 2.77 bits per heavy atom. The summed E-state index contributed by atoms with van der Waals surface area (Å²) in [5.41, 5.74) is 4.61. The Bertz CT molecular complexity index is 1640. The van der Waals surface area contributed by atoms with Gasteiger partial charge in [0.15, 0.2) is 0 Å². The number of nitrogens with zero attached hydrogens (tertiary/aromatic N) is 2. The zero-order valence-corrected chi connectivity index (χ0v) is 19.1. The molecular formula is C26H22FN5O3. The van der Waals surface area contributed by atoms with E-state index in [0.717, 1.165) is 16.5 Å². The lowest BCUT2D eigenvalue weighted by atomic mass is 9.98. The Balaban J connectivity index is 1.48. The number of ether oxygens (including phenoxy) is 1. The van der Waals surface area contributed by atoms with E-state index in [1.54, 1.807) is 37.3 Å². The molecule has 35 heavy (non-hydrogen) atoms. The molecule has 3 aromatic carbocycles. The number of imidazole rings is 1. The molecule has 0 bridgehead atoms. The molecule has 1 amide bonds. The minimum Gasteiger partial charge on any atom is -0.450 e. The number of aromatic nitrogens is 4. The minimum atomic E-state index is -0.607. The van der Waals surface area contributed by atoms with Crippen LogP contribution in [0.5, 0.6) is 0 Å². The Morgan fingerprint density at radius 1 is 1.09 bits per heavy atom. The van der Waals surface area contributed by atoms with Crippen LogP contribution < -0.4 is 10.9 Å². The summed E-state index contributed by atoms with van der Waals surface area (Å²) < 4.78 is 19.7. The normalized spacial score (nSPS) is 11.2. The fraction of sp³-hybridized carbons (Fsp3) is 0.154. The van der Waals surface area contributed by atoms with E-state index in [-0.39, 0.29) is 23.9 Å². The second-order valence-electron chi connectivity index (χ2n) is 8.20. The van der Waals surface area contributed by atoms with Crippen molar-refractivity contribution in [3.8, 4) is 11.1 Å². The zero-order chi connectivity index (χ0) is 24.5. The van der Waals surface area contributed by atoms with Crippen LogP contribution in [0.1, 0.15) is 23.7 Å². The summed E-state index contributed by atoms with van der Waals surface area (Å²) in [4.78, 5) is 31.2. The first-order chi connectivity index (χ1) is 16.9. The molecule has 3 N–H and O–H groups in total. The third-order valence-electron chi connectivity index (χ3n) is 5.72. The molecule has 0 atom stereocenters. The van der Waals surface area contributed by atoms with Gasteiger partial charge in [-0.2, -0.15) is 5.10 Å². The van der Waals surface area contributed by atoms with Gasteiger partial charge in [0.25, 0.3) is 5.56 Å². The number of amides is 1. The predicted molar refractivity (Wildman–Crippen MR) is 132 cm³/mol. The third kappa shape index (κ3) is 4.48. The molecule has 0 aliphatic heterocycles. The quantitative estimate of drug-likeness (QED) is 0.331. The maximum atomic E-state index is 14.8. The number of anilines is 1. The number of carbonyl (C=O) groups is 1. The molecule has 0 fully saturated rings. The Labute approximate surface area is 199 Å². The van der Waals surface area contributed by atoms with Crippen LogP contribution in [-0.2, 0) is 11.2 Å². The van der Waals surface area contributed by atoms with Crippen LogP contribution in [0.2, 0.25) is 0 Å². The number of H-pyrrole nitrogens is 2.